The molecule has 2 N–H and O–H groups in total. The molecule has 0 amide bonds. The van der Waals surface area contributed by atoms with Gasteiger partial charge in [0.1, 0.15) is 17.3 Å². The molecule has 3 rings (SSSR count). The summed E-state index contributed by atoms with van der Waals surface area (Å²) in [6, 6.07) is 15.3. The molecule has 3 aromatic rings. The number of nitrogens with zero attached hydrogens (tertiary/aromatic N) is 2. The zero-order valence-corrected chi connectivity index (χ0v) is 11.5. The van der Waals surface area contributed by atoms with Crippen molar-refractivity contribution < 1.29 is 4.74 Å². The van der Waals surface area contributed by atoms with E-state index >= 15 is 0 Å². The molecule has 0 radical (unpaired) electrons. The molecule has 0 aliphatic rings. The minimum absolute atomic E-state index is 0.370. The first-order chi connectivity index (χ1) is 10.2. The highest BCUT2D eigenvalue weighted by molar-refractivity contribution is 5.96. The highest BCUT2D eigenvalue weighted by Crippen LogP contribution is 2.32. The number of benzene rings is 2. The molecule has 0 fully saturated rings. The van der Waals surface area contributed by atoms with Crippen molar-refractivity contribution in [2.24, 2.45) is 0 Å². The van der Waals surface area contributed by atoms with Gasteiger partial charge in [0.2, 0.25) is 0 Å². The van der Waals surface area contributed by atoms with Crippen LogP contribution < -0.4 is 10.5 Å². The molecule has 1 aromatic heterocycles. The maximum absolute atomic E-state index is 9.01. The molecule has 21 heavy (non-hydrogen) atoms. The zero-order valence-electron chi connectivity index (χ0n) is 11.5. The Hall–Kier alpha value is -3.06. The number of hydrogen-bond acceptors (Lipinski definition) is 4. The van der Waals surface area contributed by atoms with Crippen LogP contribution in [-0.2, 0) is 0 Å². The number of nitriles is 1. The molecule has 0 spiro atoms. The number of nitrogen functional groups attached to an aromatic ring is 1. The van der Waals surface area contributed by atoms with Crippen LogP contribution in [-0.4, -0.2) is 4.98 Å². The number of anilines is 1. The second kappa shape index (κ2) is 5.14. The lowest BCUT2D eigenvalue weighted by Gasteiger charge is -2.10. The smallest absolute Gasteiger partial charge is 0.153 e. The Morgan fingerprint density at radius 3 is 2.62 bits per heavy atom. The lowest BCUT2D eigenvalue weighted by molar-refractivity contribution is 0.487. The summed E-state index contributed by atoms with van der Waals surface area (Å²) in [7, 11) is 0. The molecule has 0 saturated heterocycles. The Morgan fingerprint density at radius 1 is 1.14 bits per heavy atom. The van der Waals surface area contributed by atoms with Crippen LogP contribution in [0.1, 0.15) is 11.1 Å². The van der Waals surface area contributed by atoms with Gasteiger partial charge in [0.25, 0.3) is 0 Å². The maximum Gasteiger partial charge on any atom is 0.153 e. The average molecular weight is 275 g/mol. The predicted molar refractivity (Wildman–Crippen MR) is 82.1 cm³/mol. The molecule has 0 bridgehead atoms. The standard InChI is InChI=1S/C17H13N3O/c1-11-5-7-13(8-6-11)21-15-4-2-3-14-16(19)12(9-18)10-20-17(14)15/h2-8,10H,1H3,(H2,19,20). The largest absolute Gasteiger partial charge is 0.455 e. The first-order valence-corrected chi connectivity index (χ1v) is 6.51. The Morgan fingerprint density at radius 2 is 1.90 bits per heavy atom. The molecule has 0 unspecified atom stereocenters. The van der Waals surface area contributed by atoms with E-state index in [9.17, 15) is 0 Å². The van der Waals surface area contributed by atoms with Gasteiger partial charge in [-0.2, -0.15) is 5.26 Å². The van der Waals surface area contributed by atoms with Gasteiger partial charge in [-0.25, -0.2) is 0 Å². The van der Waals surface area contributed by atoms with Crippen molar-refractivity contribution in [2.45, 2.75) is 6.92 Å². The highest BCUT2D eigenvalue weighted by atomic mass is 16.5. The predicted octanol–water partition coefficient (Wildman–Crippen LogP) is 3.79. The zero-order chi connectivity index (χ0) is 14.8. The average Bonchev–Trinajstić information content (AvgIpc) is 2.51. The third-order valence-corrected chi connectivity index (χ3v) is 3.27. The Balaban J connectivity index is 2.09. The molecule has 1 heterocycles. The van der Waals surface area contributed by atoms with Crippen molar-refractivity contribution in [2.75, 3.05) is 5.73 Å². The molecule has 0 aliphatic heterocycles. The van der Waals surface area contributed by atoms with Crippen molar-refractivity contribution in [3.05, 3.63) is 59.8 Å². The monoisotopic (exact) mass is 275 g/mol. The van der Waals surface area contributed by atoms with Gasteiger partial charge in [0.15, 0.2) is 5.75 Å². The number of rotatable bonds is 2. The van der Waals surface area contributed by atoms with Gasteiger partial charge < -0.3 is 10.5 Å². The highest BCUT2D eigenvalue weighted by Gasteiger charge is 2.10. The van der Waals surface area contributed by atoms with Crippen molar-refractivity contribution >= 4 is 16.6 Å². The van der Waals surface area contributed by atoms with E-state index in [1.165, 1.54) is 11.8 Å². The fourth-order valence-corrected chi connectivity index (χ4v) is 2.12. The number of aryl methyl sites for hydroxylation is 1. The van der Waals surface area contributed by atoms with E-state index in [2.05, 4.69) is 4.98 Å². The van der Waals surface area contributed by atoms with Crippen LogP contribution in [0.5, 0.6) is 11.5 Å². The third-order valence-electron chi connectivity index (χ3n) is 3.27. The summed E-state index contributed by atoms with van der Waals surface area (Å²) in [6.07, 6.45) is 1.47. The Bertz CT molecular complexity index is 848. The van der Waals surface area contributed by atoms with Gasteiger partial charge in [-0.15, -0.1) is 0 Å². The molecule has 2 aromatic carbocycles. The summed E-state index contributed by atoms with van der Waals surface area (Å²) in [5, 5.41) is 9.73. The van der Waals surface area contributed by atoms with Gasteiger partial charge in [-0.3, -0.25) is 4.98 Å². The second-order valence-corrected chi connectivity index (χ2v) is 4.76. The number of para-hydroxylation sites is 1. The van der Waals surface area contributed by atoms with Crippen LogP contribution in [0.3, 0.4) is 0 Å². The molecule has 4 nitrogen and oxygen atoms in total. The minimum Gasteiger partial charge on any atom is -0.455 e. The number of fused-ring (bicyclic) bond motifs is 1. The minimum atomic E-state index is 0.370. The molecular weight excluding hydrogens is 262 g/mol. The number of hydrogen-bond donors (Lipinski definition) is 1. The summed E-state index contributed by atoms with van der Waals surface area (Å²) in [6.45, 7) is 2.02. The van der Waals surface area contributed by atoms with E-state index in [0.717, 1.165) is 11.1 Å². The van der Waals surface area contributed by atoms with Gasteiger partial charge in [0.05, 0.1) is 11.3 Å². The van der Waals surface area contributed by atoms with Gasteiger partial charge in [0, 0.05) is 11.6 Å². The fraction of sp³-hybridized carbons (Fsp3) is 0.0588. The second-order valence-electron chi connectivity index (χ2n) is 4.76. The molecule has 0 saturated carbocycles. The van der Waals surface area contributed by atoms with Crippen LogP contribution in [0.2, 0.25) is 0 Å². The van der Waals surface area contributed by atoms with Crippen LogP contribution in [0.25, 0.3) is 10.9 Å². The summed E-state index contributed by atoms with van der Waals surface area (Å²) in [4.78, 5) is 4.30. The lowest BCUT2D eigenvalue weighted by Crippen LogP contribution is -1.96. The molecule has 0 atom stereocenters. The number of pyridine rings is 1. The summed E-state index contributed by atoms with van der Waals surface area (Å²) in [5.41, 5.74) is 8.61. The third kappa shape index (κ3) is 2.37. The first-order valence-electron chi connectivity index (χ1n) is 6.51. The van der Waals surface area contributed by atoms with E-state index in [-0.39, 0.29) is 0 Å². The van der Waals surface area contributed by atoms with Gasteiger partial charge in [-0.1, -0.05) is 29.8 Å². The normalized spacial score (nSPS) is 10.3. The molecule has 0 aliphatic carbocycles. The van der Waals surface area contributed by atoms with E-state index in [1.54, 1.807) is 0 Å². The summed E-state index contributed by atoms with van der Waals surface area (Å²) < 4.78 is 5.87. The van der Waals surface area contributed by atoms with E-state index in [4.69, 9.17) is 15.7 Å². The molecule has 102 valence electrons. The van der Waals surface area contributed by atoms with Gasteiger partial charge in [-0.05, 0) is 25.1 Å². The maximum atomic E-state index is 9.01. The lowest BCUT2D eigenvalue weighted by atomic mass is 10.1. The van der Waals surface area contributed by atoms with Crippen molar-refractivity contribution in [1.29, 1.82) is 5.26 Å². The summed E-state index contributed by atoms with van der Waals surface area (Å²) in [5.74, 6) is 1.35. The molecule has 4 heteroatoms. The van der Waals surface area contributed by atoms with Crippen LogP contribution >= 0.6 is 0 Å². The Kier molecular flexibility index (Phi) is 3.17. The van der Waals surface area contributed by atoms with E-state index < -0.39 is 0 Å². The molecular formula is C17H13N3O. The van der Waals surface area contributed by atoms with Crippen LogP contribution in [0.15, 0.2) is 48.7 Å². The van der Waals surface area contributed by atoms with Gasteiger partial charge >= 0.3 is 0 Å². The number of ether oxygens (including phenoxy) is 1. The number of aromatic nitrogens is 1. The topological polar surface area (TPSA) is 71.9 Å². The van der Waals surface area contributed by atoms with Crippen molar-refractivity contribution in [1.82, 2.24) is 4.98 Å². The SMILES string of the molecule is Cc1ccc(Oc2cccc3c(N)c(C#N)cnc23)cc1. The summed E-state index contributed by atoms with van der Waals surface area (Å²) >= 11 is 0. The van der Waals surface area contributed by atoms with Crippen LogP contribution in [0.4, 0.5) is 5.69 Å². The first kappa shape index (κ1) is 12.9. The fourth-order valence-electron chi connectivity index (χ4n) is 2.12. The van der Waals surface area contributed by atoms with Crippen molar-refractivity contribution in [3.8, 4) is 17.6 Å². The van der Waals surface area contributed by atoms with Crippen molar-refractivity contribution in [3.63, 3.8) is 0 Å². The number of nitrogens with two attached hydrogens (primary N) is 1. The van der Waals surface area contributed by atoms with E-state index in [1.807, 2.05) is 55.5 Å². The quantitative estimate of drug-likeness (QED) is 0.772. The van der Waals surface area contributed by atoms with Crippen LogP contribution in [0, 0.1) is 18.3 Å². The Labute approximate surface area is 122 Å². The van der Waals surface area contributed by atoms with E-state index in [0.29, 0.717) is 22.5 Å².